The third-order valence-electron chi connectivity index (χ3n) is 9.61. The number of carbonyl (C=O) groups is 2. The van der Waals surface area contributed by atoms with Gasteiger partial charge in [0.25, 0.3) is 5.91 Å². The minimum atomic E-state index is -1.02. The van der Waals surface area contributed by atoms with Crippen LogP contribution in [0.25, 0.3) is 5.65 Å². The van der Waals surface area contributed by atoms with Crippen LogP contribution in [0.2, 0.25) is 0 Å². The third kappa shape index (κ3) is 6.73. The molecule has 0 radical (unpaired) electrons. The van der Waals surface area contributed by atoms with E-state index in [9.17, 15) is 14.0 Å². The van der Waals surface area contributed by atoms with Gasteiger partial charge in [0, 0.05) is 51.4 Å². The lowest BCUT2D eigenvalue weighted by atomic mass is 9.86. The first-order valence-electron chi connectivity index (χ1n) is 17.0. The molecule has 2 fully saturated rings. The van der Waals surface area contributed by atoms with Crippen LogP contribution in [0.4, 0.5) is 26.4 Å². The number of piperidine rings is 1. The van der Waals surface area contributed by atoms with Gasteiger partial charge in [-0.25, -0.2) is 18.7 Å². The maximum atomic E-state index is 13.7. The summed E-state index contributed by atoms with van der Waals surface area (Å²) in [6, 6.07) is 15.9. The summed E-state index contributed by atoms with van der Waals surface area (Å²) in [7, 11) is 3.64. The molecule has 2 amide bonds. The summed E-state index contributed by atoms with van der Waals surface area (Å²) >= 11 is 0. The summed E-state index contributed by atoms with van der Waals surface area (Å²) in [5.74, 6) is 1.42. The van der Waals surface area contributed by atoms with Crippen molar-refractivity contribution in [2.45, 2.75) is 76.7 Å². The van der Waals surface area contributed by atoms with Crippen molar-refractivity contribution in [3.63, 3.8) is 0 Å². The summed E-state index contributed by atoms with van der Waals surface area (Å²) in [4.78, 5) is 36.7. The molecule has 12 heteroatoms. The molecule has 1 N–H and O–H groups in total. The van der Waals surface area contributed by atoms with Crippen molar-refractivity contribution in [2.75, 3.05) is 43.6 Å². The molecule has 2 aliphatic heterocycles. The molecule has 1 saturated carbocycles. The molecule has 3 aliphatic rings. The van der Waals surface area contributed by atoms with E-state index in [0.717, 1.165) is 48.5 Å². The number of nitrogens with zero attached hydrogens (tertiary/aromatic N) is 6. The topological polar surface area (TPSA) is 105 Å². The average molecular weight is 670 g/mol. The average Bonchev–Trinajstić information content (AvgIpc) is 3.42. The Kier molecular flexibility index (Phi) is 8.58. The van der Waals surface area contributed by atoms with Gasteiger partial charge in [-0.05, 0) is 80.8 Å². The molecular weight excluding hydrogens is 625 g/mol. The van der Waals surface area contributed by atoms with Gasteiger partial charge in [0.1, 0.15) is 17.5 Å². The van der Waals surface area contributed by atoms with Gasteiger partial charge in [-0.15, -0.1) is 5.10 Å². The van der Waals surface area contributed by atoms with E-state index in [1.165, 1.54) is 17.3 Å². The number of hydrogen-bond acceptors (Lipinski definition) is 8. The monoisotopic (exact) mass is 669 g/mol. The number of rotatable bonds is 8. The second-order valence-electron chi connectivity index (χ2n) is 14.3. The number of alkyl halides is 1. The van der Waals surface area contributed by atoms with Crippen LogP contribution in [0.15, 0.2) is 54.7 Å². The van der Waals surface area contributed by atoms with Crippen LogP contribution in [0.5, 0.6) is 5.75 Å². The van der Waals surface area contributed by atoms with Crippen LogP contribution in [-0.2, 0) is 17.7 Å². The zero-order valence-corrected chi connectivity index (χ0v) is 28.8. The number of methoxy groups -OCH3 is 1. The lowest BCUT2D eigenvalue weighted by Crippen LogP contribution is -2.41. The fourth-order valence-corrected chi connectivity index (χ4v) is 6.93. The number of likely N-dealkylation sites (tertiary alicyclic amines) is 1. The number of ether oxygens (including phenoxy) is 2. The predicted molar refractivity (Wildman–Crippen MR) is 186 cm³/mol. The molecule has 2 aromatic heterocycles. The van der Waals surface area contributed by atoms with Gasteiger partial charge in [-0.1, -0.05) is 24.3 Å². The molecule has 0 bridgehead atoms. The first kappa shape index (κ1) is 32.7. The SMILES string of the molecule is COc1ccc(CN(C)c2cc(N3CCc4c(C5CCN(C(=O)OC(C)(C)C)CC5)cccc43)nn3c(C(=O)NC4C[C@@H]4F)cnc23)cc1. The highest BCUT2D eigenvalue weighted by Crippen LogP contribution is 2.42. The van der Waals surface area contributed by atoms with E-state index in [1.807, 2.05) is 63.1 Å². The van der Waals surface area contributed by atoms with Crippen LogP contribution < -0.4 is 19.9 Å². The largest absolute Gasteiger partial charge is 0.497 e. The molecule has 1 unspecified atom stereocenters. The number of imidazole rings is 1. The Morgan fingerprint density at radius 1 is 1.08 bits per heavy atom. The lowest BCUT2D eigenvalue weighted by molar-refractivity contribution is 0.0204. The molecular formula is C37H44FN7O4. The summed E-state index contributed by atoms with van der Waals surface area (Å²) in [6.07, 6.45) is 3.16. The van der Waals surface area contributed by atoms with E-state index >= 15 is 0 Å². The number of aromatic nitrogens is 3. The first-order valence-corrected chi connectivity index (χ1v) is 17.0. The van der Waals surface area contributed by atoms with E-state index in [0.29, 0.717) is 43.4 Å². The van der Waals surface area contributed by atoms with Gasteiger partial charge in [0.15, 0.2) is 17.2 Å². The summed E-state index contributed by atoms with van der Waals surface area (Å²) in [5.41, 5.74) is 5.88. The number of carbonyl (C=O) groups excluding carboxylic acids is 2. The maximum absolute atomic E-state index is 13.7. The first-order chi connectivity index (χ1) is 23.5. The van der Waals surface area contributed by atoms with E-state index < -0.39 is 23.7 Å². The second kappa shape index (κ2) is 12.9. The van der Waals surface area contributed by atoms with Gasteiger partial charge < -0.3 is 29.5 Å². The third-order valence-corrected chi connectivity index (χ3v) is 9.61. The number of nitrogens with one attached hydrogen (secondary N) is 1. The molecule has 2 aromatic carbocycles. The Bertz CT molecular complexity index is 1860. The molecule has 258 valence electrons. The number of benzene rings is 2. The lowest BCUT2D eigenvalue weighted by Gasteiger charge is -2.34. The van der Waals surface area contributed by atoms with E-state index in [1.54, 1.807) is 11.6 Å². The molecule has 11 nitrogen and oxygen atoms in total. The van der Waals surface area contributed by atoms with Crippen molar-refractivity contribution < 1.29 is 23.5 Å². The summed E-state index contributed by atoms with van der Waals surface area (Å²) < 4.78 is 26.3. The van der Waals surface area contributed by atoms with Crippen molar-refractivity contribution in [1.82, 2.24) is 24.8 Å². The highest BCUT2D eigenvalue weighted by atomic mass is 19.1. The van der Waals surface area contributed by atoms with Gasteiger partial charge in [0.05, 0.1) is 25.0 Å². The Labute approximate surface area is 286 Å². The highest BCUT2D eigenvalue weighted by molar-refractivity contribution is 5.94. The van der Waals surface area contributed by atoms with Crippen LogP contribution in [0.3, 0.4) is 0 Å². The quantitative estimate of drug-likeness (QED) is 0.243. The van der Waals surface area contributed by atoms with E-state index in [2.05, 4.69) is 38.3 Å². The predicted octanol–water partition coefficient (Wildman–Crippen LogP) is 6.02. The Hall–Kier alpha value is -4.87. The van der Waals surface area contributed by atoms with Crippen molar-refractivity contribution >= 4 is 34.8 Å². The summed E-state index contributed by atoms with van der Waals surface area (Å²) in [5, 5.41) is 7.76. The fraction of sp³-hybridized carbons (Fsp3) is 0.459. The second-order valence-corrected chi connectivity index (χ2v) is 14.3. The van der Waals surface area contributed by atoms with E-state index in [4.69, 9.17) is 14.6 Å². The molecule has 4 aromatic rings. The molecule has 1 aliphatic carbocycles. The zero-order valence-electron chi connectivity index (χ0n) is 28.8. The number of fused-ring (bicyclic) bond motifs is 2. The van der Waals surface area contributed by atoms with Crippen LogP contribution in [0, 0.1) is 0 Å². The molecule has 49 heavy (non-hydrogen) atoms. The van der Waals surface area contributed by atoms with Crippen molar-refractivity contribution in [2.24, 2.45) is 0 Å². The normalized spacial score (nSPS) is 19.1. The number of amides is 2. The Balaban J connectivity index is 1.19. The molecule has 2 atom stereocenters. The Morgan fingerprint density at radius 3 is 2.49 bits per heavy atom. The van der Waals surface area contributed by atoms with E-state index in [-0.39, 0.29) is 11.8 Å². The highest BCUT2D eigenvalue weighted by Gasteiger charge is 2.39. The number of halogens is 1. The molecule has 1 saturated heterocycles. The Morgan fingerprint density at radius 2 is 1.82 bits per heavy atom. The maximum Gasteiger partial charge on any atom is 0.410 e. The van der Waals surface area contributed by atoms with Gasteiger partial charge in [0.2, 0.25) is 0 Å². The van der Waals surface area contributed by atoms with Gasteiger partial charge in [-0.2, -0.15) is 0 Å². The van der Waals surface area contributed by atoms with Crippen molar-refractivity contribution in [3.05, 3.63) is 77.1 Å². The minimum Gasteiger partial charge on any atom is -0.497 e. The van der Waals surface area contributed by atoms with Gasteiger partial charge in [-0.3, -0.25) is 4.79 Å². The molecule has 0 spiro atoms. The minimum absolute atomic E-state index is 0.251. The van der Waals surface area contributed by atoms with Crippen LogP contribution in [0.1, 0.15) is 73.1 Å². The standard InChI is InChI=1S/C37H44FN7O4/c1-37(2,3)49-36(47)43-16-13-24(14-17-43)26-7-6-8-30-27(26)15-18-44(30)33-20-31(42(4)22-23-9-11-25(48-5)12-10-23)34-39-21-32(45(34)41-33)35(46)40-29-19-28(29)38/h6-12,20-21,24,28-29H,13-19,22H2,1-5H3,(H,40,46)/t28-,29?/m0/s1. The number of anilines is 3. The summed E-state index contributed by atoms with van der Waals surface area (Å²) in [6.45, 7) is 8.30. The van der Waals surface area contributed by atoms with Crippen LogP contribution in [-0.4, -0.2) is 83.1 Å². The molecule has 7 rings (SSSR count). The number of hydrogen-bond donors (Lipinski definition) is 1. The fourth-order valence-electron chi connectivity index (χ4n) is 6.93. The van der Waals surface area contributed by atoms with Gasteiger partial charge >= 0.3 is 6.09 Å². The zero-order chi connectivity index (χ0) is 34.4. The smallest absolute Gasteiger partial charge is 0.410 e. The van der Waals surface area contributed by atoms with Crippen LogP contribution >= 0.6 is 0 Å². The molecule has 4 heterocycles. The van der Waals surface area contributed by atoms with Crippen molar-refractivity contribution in [3.8, 4) is 5.75 Å². The van der Waals surface area contributed by atoms with Crippen molar-refractivity contribution in [1.29, 1.82) is 0 Å².